The summed E-state index contributed by atoms with van der Waals surface area (Å²) in [7, 11) is 0. The van der Waals surface area contributed by atoms with Gasteiger partial charge in [0, 0.05) is 37.3 Å². The molecule has 26 heavy (non-hydrogen) atoms. The van der Waals surface area contributed by atoms with Crippen LogP contribution in [0.2, 0.25) is 0 Å². The number of piperidine rings is 1. The highest BCUT2D eigenvalue weighted by Gasteiger charge is 2.23. The summed E-state index contributed by atoms with van der Waals surface area (Å²) in [6, 6.07) is 0. The van der Waals surface area contributed by atoms with Crippen molar-refractivity contribution in [3.8, 4) is 0 Å². The lowest BCUT2D eigenvalue weighted by atomic mass is 10.1. The number of nitrogens with zero attached hydrogens (tertiary/aromatic N) is 3. The minimum Gasteiger partial charge on any atom is -0.376 e. The molecule has 2 aliphatic heterocycles. The Balaban J connectivity index is 1.44. The van der Waals surface area contributed by atoms with Gasteiger partial charge in [0.2, 0.25) is 0 Å². The van der Waals surface area contributed by atoms with E-state index in [1.807, 2.05) is 6.20 Å². The van der Waals surface area contributed by atoms with Gasteiger partial charge in [-0.1, -0.05) is 0 Å². The van der Waals surface area contributed by atoms with Gasteiger partial charge in [-0.15, -0.1) is 11.3 Å². The first kappa shape index (κ1) is 19.6. The first-order chi connectivity index (χ1) is 12.7. The molecule has 1 aromatic heterocycles. The van der Waals surface area contributed by atoms with Crippen molar-refractivity contribution in [2.45, 2.75) is 64.7 Å². The molecule has 0 bridgehead atoms. The fraction of sp³-hybridized carbons (Fsp3) is 0.789. The van der Waals surface area contributed by atoms with Gasteiger partial charge >= 0.3 is 0 Å². The predicted molar refractivity (Wildman–Crippen MR) is 106 cm³/mol. The van der Waals surface area contributed by atoms with Gasteiger partial charge in [-0.25, -0.2) is 9.98 Å². The first-order valence-corrected chi connectivity index (χ1v) is 10.7. The maximum atomic E-state index is 6.12. The zero-order valence-electron chi connectivity index (χ0n) is 16.1. The summed E-state index contributed by atoms with van der Waals surface area (Å²) in [6.45, 7) is 9.34. The molecule has 146 valence electrons. The molecule has 2 aliphatic rings. The molecule has 0 amide bonds. The van der Waals surface area contributed by atoms with Crippen LogP contribution in [0, 0.1) is 6.92 Å². The van der Waals surface area contributed by atoms with Gasteiger partial charge in [0.05, 0.1) is 25.4 Å². The second-order valence-electron chi connectivity index (χ2n) is 7.04. The van der Waals surface area contributed by atoms with Crippen LogP contribution in [0.15, 0.2) is 11.2 Å². The smallest absolute Gasteiger partial charge is 0.194 e. The summed E-state index contributed by atoms with van der Waals surface area (Å²) in [5.74, 6) is 0.995. The number of aryl methyl sites for hydroxylation is 1. The highest BCUT2D eigenvalue weighted by atomic mass is 32.1. The van der Waals surface area contributed by atoms with Crippen molar-refractivity contribution in [1.82, 2.24) is 15.2 Å². The van der Waals surface area contributed by atoms with Crippen molar-refractivity contribution in [3.63, 3.8) is 0 Å². The maximum Gasteiger partial charge on any atom is 0.194 e. The maximum absolute atomic E-state index is 6.12. The van der Waals surface area contributed by atoms with Crippen LogP contribution >= 0.6 is 11.3 Å². The van der Waals surface area contributed by atoms with Gasteiger partial charge in [0.15, 0.2) is 5.96 Å². The molecule has 1 atom stereocenters. The van der Waals surface area contributed by atoms with E-state index in [-0.39, 0.29) is 0 Å². The number of hydrogen-bond acceptors (Lipinski definition) is 5. The predicted octanol–water partition coefficient (Wildman–Crippen LogP) is 2.97. The molecule has 1 aromatic rings. The Labute approximate surface area is 161 Å². The van der Waals surface area contributed by atoms with E-state index in [1.54, 1.807) is 11.3 Å². The van der Waals surface area contributed by atoms with E-state index in [0.717, 1.165) is 63.1 Å². The average molecular weight is 381 g/mol. The van der Waals surface area contributed by atoms with Crippen molar-refractivity contribution in [2.75, 3.05) is 32.8 Å². The molecule has 2 fully saturated rings. The largest absolute Gasteiger partial charge is 0.376 e. The van der Waals surface area contributed by atoms with E-state index in [1.165, 1.54) is 17.7 Å². The summed E-state index contributed by atoms with van der Waals surface area (Å²) in [4.78, 5) is 12.8. The van der Waals surface area contributed by atoms with Gasteiger partial charge in [-0.3, -0.25) is 0 Å². The Morgan fingerprint density at radius 2 is 2.23 bits per heavy atom. The Morgan fingerprint density at radius 3 is 2.88 bits per heavy atom. The third kappa shape index (κ3) is 5.93. The van der Waals surface area contributed by atoms with Crippen molar-refractivity contribution in [3.05, 3.63) is 16.1 Å². The molecule has 7 heteroatoms. The van der Waals surface area contributed by atoms with Gasteiger partial charge in [0.1, 0.15) is 5.01 Å². The normalized spacial score (nSPS) is 22.6. The van der Waals surface area contributed by atoms with E-state index in [2.05, 4.69) is 29.0 Å². The second-order valence-corrected chi connectivity index (χ2v) is 8.36. The monoisotopic (exact) mass is 380 g/mol. The summed E-state index contributed by atoms with van der Waals surface area (Å²) in [5.41, 5.74) is 0. The van der Waals surface area contributed by atoms with Crippen molar-refractivity contribution < 1.29 is 9.47 Å². The number of hydrogen-bond donors (Lipinski definition) is 1. The van der Waals surface area contributed by atoms with Crippen LogP contribution in [0.3, 0.4) is 0 Å². The lowest BCUT2D eigenvalue weighted by Crippen LogP contribution is -2.47. The second kappa shape index (κ2) is 10.2. The minimum atomic E-state index is 0.308. The number of thiazole rings is 1. The summed E-state index contributed by atoms with van der Waals surface area (Å²) >= 11 is 1.72. The molecule has 0 aliphatic carbocycles. The van der Waals surface area contributed by atoms with Crippen LogP contribution in [0.25, 0.3) is 0 Å². The van der Waals surface area contributed by atoms with Crippen LogP contribution in [0.1, 0.15) is 48.9 Å². The molecule has 0 saturated carbocycles. The number of aliphatic imine (C=N–C) groups is 1. The first-order valence-electron chi connectivity index (χ1n) is 9.92. The van der Waals surface area contributed by atoms with E-state index < -0.39 is 0 Å². The fourth-order valence-electron chi connectivity index (χ4n) is 3.46. The van der Waals surface area contributed by atoms with Crippen LogP contribution in [-0.4, -0.2) is 60.9 Å². The molecule has 0 aromatic carbocycles. The van der Waals surface area contributed by atoms with E-state index in [0.29, 0.717) is 18.8 Å². The lowest BCUT2D eigenvalue weighted by molar-refractivity contribution is -0.0721. The molecule has 1 N–H and O–H groups in total. The van der Waals surface area contributed by atoms with E-state index in [4.69, 9.17) is 14.5 Å². The Kier molecular flexibility index (Phi) is 7.70. The highest BCUT2D eigenvalue weighted by Crippen LogP contribution is 2.18. The number of rotatable bonds is 6. The molecule has 1 unspecified atom stereocenters. The van der Waals surface area contributed by atoms with Crippen LogP contribution in [0.5, 0.6) is 0 Å². The minimum absolute atomic E-state index is 0.308. The van der Waals surface area contributed by atoms with Crippen LogP contribution in [-0.2, 0) is 16.0 Å². The van der Waals surface area contributed by atoms with Crippen molar-refractivity contribution >= 4 is 17.3 Å². The van der Waals surface area contributed by atoms with Crippen molar-refractivity contribution in [1.29, 1.82) is 0 Å². The van der Waals surface area contributed by atoms with Gasteiger partial charge in [-0.2, -0.15) is 0 Å². The van der Waals surface area contributed by atoms with Gasteiger partial charge in [0.25, 0.3) is 0 Å². The van der Waals surface area contributed by atoms with E-state index in [9.17, 15) is 0 Å². The Bertz CT molecular complexity index is 564. The molecular weight excluding hydrogens is 348 g/mol. The molecular formula is C19H32N4O2S. The fourth-order valence-corrected chi connectivity index (χ4v) is 4.17. The van der Waals surface area contributed by atoms with Crippen molar-refractivity contribution in [2.24, 2.45) is 4.99 Å². The van der Waals surface area contributed by atoms with Crippen LogP contribution < -0.4 is 5.32 Å². The Morgan fingerprint density at radius 1 is 1.38 bits per heavy atom. The SMILES string of the molecule is CCNC(=NCc1ncc(C)s1)N1CCC(OCC2CCCCO2)CC1. The quantitative estimate of drug-likeness (QED) is 0.607. The zero-order valence-corrected chi connectivity index (χ0v) is 16.9. The number of aromatic nitrogens is 1. The number of guanidine groups is 1. The highest BCUT2D eigenvalue weighted by molar-refractivity contribution is 7.11. The van der Waals surface area contributed by atoms with E-state index >= 15 is 0 Å². The molecule has 3 heterocycles. The molecule has 6 nitrogen and oxygen atoms in total. The summed E-state index contributed by atoms with van der Waals surface area (Å²) < 4.78 is 11.9. The van der Waals surface area contributed by atoms with Gasteiger partial charge in [-0.05, 0) is 46.0 Å². The number of likely N-dealkylation sites (tertiary alicyclic amines) is 1. The summed E-state index contributed by atoms with van der Waals surface area (Å²) in [5, 5.41) is 4.49. The molecule has 3 rings (SSSR count). The van der Waals surface area contributed by atoms with Gasteiger partial charge < -0.3 is 19.7 Å². The number of ether oxygens (including phenoxy) is 2. The topological polar surface area (TPSA) is 59.0 Å². The molecule has 2 saturated heterocycles. The standard InChI is InChI=1S/C19H32N4O2S/c1-3-20-19(22-13-18-21-12-15(2)26-18)23-9-7-16(8-10-23)25-14-17-6-4-5-11-24-17/h12,16-17H,3-11,13-14H2,1-2H3,(H,20,22). The third-order valence-corrected chi connectivity index (χ3v) is 5.80. The van der Waals surface area contributed by atoms with Crippen LogP contribution in [0.4, 0.5) is 0 Å². The Hall–Kier alpha value is -1.18. The lowest BCUT2D eigenvalue weighted by Gasteiger charge is -2.35. The number of nitrogens with one attached hydrogen (secondary N) is 1. The summed E-state index contributed by atoms with van der Waals surface area (Å²) in [6.07, 6.45) is 8.29. The third-order valence-electron chi connectivity index (χ3n) is 4.90. The molecule has 0 spiro atoms. The molecule has 0 radical (unpaired) electrons. The zero-order chi connectivity index (χ0) is 18.2. The average Bonchev–Trinajstić information content (AvgIpc) is 3.10.